The molecule has 1 aliphatic heterocycles. The van der Waals surface area contributed by atoms with Crippen LogP contribution in [0.15, 0.2) is 84.0 Å². The van der Waals surface area contributed by atoms with Gasteiger partial charge in [-0.15, -0.1) is 0 Å². The Balaban J connectivity index is 1.54. The average molecular weight is 415 g/mol. The smallest absolute Gasteiger partial charge is 0.254 e. The molecule has 0 bridgehead atoms. The molecule has 5 rings (SSSR count). The van der Waals surface area contributed by atoms with Gasteiger partial charge >= 0.3 is 0 Å². The van der Waals surface area contributed by atoms with E-state index in [1.807, 2.05) is 77.7 Å². The van der Waals surface area contributed by atoms with Crippen molar-refractivity contribution >= 4 is 39.8 Å². The number of para-hydroxylation sites is 1. The zero-order valence-corrected chi connectivity index (χ0v) is 16.9. The van der Waals surface area contributed by atoms with Crippen molar-refractivity contribution in [3.05, 3.63) is 101 Å². The number of aromatic amines is 1. The van der Waals surface area contributed by atoms with Gasteiger partial charge in [0.2, 0.25) is 0 Å². The van der Waals surface area contributed by atoms with Crippen LogP contribution in [-0.2, 0) is 6.54 Å². The first kappa shape index (κ1) is 18.5. The van der Waals surface area contributed by atoms with Gasteiger partial charge in [-0.05, 0) is 42.5 Å². The third kappa shape index (κ3) is 3.44. The van der Waals surface area contributed by atoms with Crippen LogP contribution in [0.5, 0.6) is 0 Å². The molecule has 4 aromatic rings. The van der Waals surface area contributed by atoms with Crippen LogP contribution in [0.3, 0.4) is 0 Å². The van der Waals surface area contributed by atoms with Gasteiger partial charge in [0, 0.05) is 32.7 Å². The van der Waals surface area contributed by atoms with Crippen molar-refractivity contribution in [2.24, 2.45) is 5.10 Å². The minimum absolute atomic E-state index is 0.0147. The standard InChI is InChI=1S/C24H19ClN4O/c25-17-10-12-18(13-11-17)27-28-22-15-29(24(30)16-6-2-1-3-7-16)14-21-23(22)19-8-4-5-9-20(19)26-21/h1-13,26-27H,14-15H2. The van der Waals surface area contributed by atoms with E-state index < -0.39 is 0 Å². The molecule has 0 saturated carbocycles. The van der Waals surface area contributed by atoms with Crippen LogP contribution in [0, 0.1) is 0 Å². The number of rotatable bonds is 3. The van der Waals surface area contributed by atoms with Gasteiger partial charge in [-0.3, -0.25) is 10.2 Å². The predicted octanol–water partition coefficient (Wildman–Crippen LogP) is 5.29. The number of hydrogen-bond donors (Lipinski definition) is 2. The molecule has 30 heavy (non-hydrogen) atoms. The van der Waals surface area contributed by atoms with Crippen LogP contribution < -0.4 is 5.43 Å². The Morgan fingerprint density at radius 1 is 0.933 bits per heavy atom. The van der Waals surface area contributed by atoms with E-state index >= 15 is 0 Å². The van der Waals surface area contributed by atoms with Gasteiger partial charge in [0.1, 0.15) is 0 Å². The number of hydrazone groups is 1. The second-order valence-corrected chi connectivity index (χ2v) is 7.67. The topological polar surface area (TPSA) is 60.5 Å². The van der Waals surface area contributed by atoms with Crippen LogP contribution in [0.25, 0.3) is 10.9 Å². The molecule has 0 radical (unpaired) electrons. The Labute approximate surface area is 179 Å². The summed E-state index contributed by atoms with van der Waals surface area (Å²) < 4.78 is 0. The Morgan fingerprint density at radius 2 is 1.67 bits per heavy atom. The quantitative estimate of drug-likeness (QED) is 0.447. The molecule has 6 heteroatoms. The molecule has 0 saturated heterocycles. The number of nitrogens with zero attached hydrogens (tertiary/aromatic N) is 2. The fourth-order valence-electron chi connectivity index (χ4n) is 3.81. The van der Waals surface area contributed by atoms with Gasteiger partial charge in [0.15, 0.2) is 0 Å². The van der Waals surface area contributed by atoms with Crippen molar-refractivity contribution in [3.63, 3.8) is 0 Å². The molecule has 0 unspecified atom stereocenters. The first-order chi connectivity index (χ1) is 14.7. The molecule has 2 N–H and O–H groups in total. The van der Waals surface area contributed by atoms with E-state index in [-0.39, 0.29) is 5.91 Å². The highest BCUT2D eigenvalue weighted by Crippen LogP contribution is 2.29. The van der Waals surface area contributed by atoms with Crippen molar-refractivity contribution in [3.8, 4) is 0 Å². The fraction of sp³-hybridized carbons (Fsp3) is 0.0833. The zero-order valence-electron chi connectivity index (χ0n) is 16.1. The minimum atomic E-state index is -0.0147. The molecular formula is C24H19ClN4O. The summed E-state index contributed by atoms with van der Waals surface area (Å²) in [6, 6.07) is 24.9. The van der Waals surface area contributed by atoms with Crippen molar-refractivity contribution in [2.45, 2.75) is 6.54 Å². The van der Waals surface area contributed by atoms with Crippen LogP contribution in [-0.4, -0.2) is 28.0 Å². The Morgan fingerprint density at radius 3 is 2.47 bits per heavy atom. The number of carbonyl (C=O) groups excluding carboxylic acids is 1. The van der Waals surface area contributed by atoms with E-state index in [0.717, 1.165) is 33.6 Å². The van der Waals surface area contributed by atoms with Crippen LogP contribution in [0.1, 0.15) is 21.6 Å². The summed E-state index contributed by atoms with van der Waals surface area (Å²) in [6.45, 7) is 0.931. The summed E-state index contributed by atoms with van der Waals surface area (Å²) in [6.07, 6.45) is 0. The molecule has 0 fully saturated rings. The number of benzene rings is 3. The third-order valence-electron chi connectivity index (χ3n) is 5.23. The lowest BCUT2D eigenvalue weighted by molar-refractivity contribution is 0.0763. The van der Waals surface area contributed by atoms with Gasteiger partial charge in [-0.2, -0.15) is 5.10 Å². The van der Waals surface area contributed by atoms with Crippen molar-refractivity contribution < 1.29 is 4.79 Å². The van der Waals surface area contributed by atoms with E-state index in [4.69, 9.17) is 11.6 Å². The van der Waals surface area contributed by atoms with Crippen molar-refractivity contribution in [1.82, 2.24) is 9.88 Å². The molecule has 1 aromatic heterocycles. The number of aromatic nitrogens is 1. The molecule has 0 spiro atoms. The van der Waals surface area contributed by atoms with Gasteiger partial charge in [-0.25, -0.2) is 0 Å². The van der Waals surface area contributed by atoms with Gasteiger partial charge < -0.3 is 9.88 Å². The van der Waals surface area contributed by atoms with E-state index in [9.17, 15) is 4.79 Å². The average Bonchev–Trinajstić information content (AvgIpc) is 3.17. The maximum Gasteiger partial charge on any atom is 0.254 e. The molecule has 5 nitrogen and oxygen atoms in total. The lowest BCUT2D eigenvalue weighted by Gasteiger charge is -2.28. The maximum atomic E-state index is 13.1. The van der Waals surface area contributed by atoms with E-state index in [0.29, 0.717) is 23.7 Å². The molecule has 148 valence electrons. The highest BCUT2D eigenvalue weighted by atomic mass is 35.5. The highest BCUT2D eigenvalue weighted by Gasteiger charge is 2.29. The Bertz CT molecular complexity index is 1250. The van der Waals surface area contributed by atoms with Crippen molar-refractivity contribution in [2.75, 3.05) is 12.0 Å². The first-order valence-electron chi connectivity index (χ1n) is 9.71. The summed E-state index contributed by atoms with van der Waals surface area (Å²) in [5, 5.41) is 6.46. The monoisotopic (exact) mass is 414 g/mol. The minimum Gasteiger partial charge on any atom is -0.356 e. The number of carbonyl (C=O) groups is 1. The number of halogens is 1. The Kier molecular flexibility index (Phi) is 4.73. The normalized spacial score (nSPS) is 14.7. The van der Waals surface area contributed by atoms with Crippen molar-refractivity contribution in [1.29, 1.82) is 0 Å². The molecule has 1 aliphatic rings. The van der Waals surface area contributed by atoms with Gasteiger partial charge in [0.05, 0.1) is 24.5 Å². The summed E-state index contributed by atoms with van der Waals surface area (Å²) in [5.74, 6) is -0.0147. The van der Waals surface area contributed by atoms with Crippen LogP contribution >= 0.6 is 11.6 Å². The number of H-pyrrole nitrogens is 1. The van der Waals surface area contributed by atoms with E-state index in [1.54, 1.807) is 0 Å². The van der Waals surface area contributed by atoms with E-state index in [2.05, 4.69) is 21.6 Å². The summed E-state index contributed by atoms with van der Waals surface area (Å²) in [5.41, 5.74) is 8.51. The number of nitrogens with one attached hydrogen (secondary N) is 2. The number of hydrogen-bond acceptors (Lipinski definition) is 3. The summed E-state index contributed by atoms with van der Waals surface area (Å²) in [4.78, 5) is 18.4. The molecule has 0 aliphatic carbocycles. The summed E-state index contributed by atoms with van der Waals surface area (Å²) >= 11 is 5.98. The highest BCUT2D eigenvalue weighted by molar-refractivity contribution is 6.30. The van der Waals surface area contributed by atoms with Crippen LogP contribution in [0.4, 0.5) is 5.69 Å². The number of fused-ring (bicyclic) bond motifs is 3. The zero-order chi connectivity index (χ0) is 20.5. The molecule has 0 atom stereocenters. The summed E-state index contributed by atoms with van der Waals surface area (Å²) in [7, 11) is 0. The lowest BCUT2D eigenvalue weighted by atomic mass is 10.0. The SMILES string of the molecule is O=C(c1ccccc1)N1CC(=NNc2ccc(Cl)cc2)c2c([nH]c3ccccc23)C1. The van der Waals surface area contributed by atoms with E-state index in [1.165, 1.54) is 0 Å². The van der Waals surface area contributed by atoms with Gasteiger partial charge in [-0.1, -0.05) is 48.0 Å². The Hall–Kier alpha value is -3.57. The number of anilines is 1. The van der Waals surface area contributed by atoms with Gasteiger partial charge in [0.25, 0.3) is 5.91 Å². The third-order valence-corrected chi connectivity index (χ3v) is 5.49. The second-order valence-electron chi connectivity index (χ2n) is 7.23. The largest absolute Gasteiger partial charge is 0.356 e. The fourth-order valence-corrected chi connectivity index (χ4v) is 3.93. The molecular weight excluding hydrogens is 396 g/mol. The molecule has 2 heterocycles. The number of amides is 1. The second kappa shape index (κ2) is 7.69. The molecule has 3 aromatic carbocycles. The molecule has 1 amide bonds. The maximum absolute atomic E-state index is 13.1. The predicted molar refractivity (Wildman–Crippen MR) is 121 cm³/mol. The lowest BCUT2D eigenvalue weighted by Crippen LogP contribution is -2.40. The van der Waals surface area contributed by atoms with Crippen LogP contribution in [0.2, 0.25) is 5.02 Å². The first-order valence-corrected chi connectivity index (χ1v) is 10.1.